The molecule has 1 aromatic heterocycles. The van der Waals surface area contributed by atoms with Crippen LogP contribution in [0, 0.1) is 0 Å². The minimum atomic E-state index is 0.00108. The number of tetrazole rings is 1. The number of fused-ring (bicyclic) bond motifs is 2. The van der Waals surface area contributed by atoms with Crippen LogP contribution >= 0.6 is 0 Å². The third-order valence-electron chi connectivity index (χ3n) is 6.29. The molecule has 0 spiro atoms. The maximum absolute atomic E-state index is 5.67. The number of aromatic amines is 1. The van der Waals surface area contributed by atoms with E-state index in [0.29, 0.717) is 0 Å². The highest BCUT2D eigenvalue weighted by molar-refractivity contribution is 5.56. The summed E-state index contributed by atoms with van der Waals surface area (Å²) in [6.07, 6.45) is 0. The second-order valence-corrected chi connectivity index (χ2v) is 7.78. The summed E-state index contributed by atoms with van der Waals surface area (Å²) in [5.41, 5.74) is 4.88. The summed E-state index contributed by atoms with van der Waals surface area (Å²) in [6.45, 7) is 0.254. The molecule has 1 N–H and O–H groups in total. The van der Waals surface area contributed by atoms with Crippen molar-refractivity contribution in [2.24, 2.45) is 0 Å². The van der Waals surface area contributed by atoms with Gasteiger partial charge in [0.1, 0.15) is 5.75 Å². The van der Waals surface area contributed by atoms with Gasteiger partial charge in [-0.1, -0.05) is 42.5 Å². The van der Waals surface area contributed by atoms with Crippen molar-refractivity contribution >= 4 is 0 Å². The lowest BCUT2D eigenvalue weighted by Crippen LogP contribution is -2.15. The van der Waals surface area contributed by atoms with Crippen molar-refractivity contribution in [3.05, 3.63) is 94.8 Å². The van der Waals surface area contributed by atoms with E-state index in [-0.39, 0.29) is 24.5 Å². The van der Waals surface area contributed by atoms with Gasteiger partial charge in [-0.25, -0.2) is 5.10 Å². The van der Waals surface area contributed by atoms with E-state index in [2.05, 4.69) is 69.2 Å². The highest BCUT2D eigenvalue weighted by atomic mass is 16.7. The zero-order valence-electron chi connectivity index (χ0n) is 16.9. The monoisotopic (exact) mass is 412 g/mol. The third-order valence-corrected chi connectivity index (χ3v) is 6.29. The summed E-state index contributed by atoms with van der Waals surface area (Å²) in [5.74, 6) is 3.30. The van der Waals surface area contributed by atoms with E-state index in [1.165, 1.54) is 16.7 Å². The fraction of sp³-hybridized carbons (Fsp3) is 0.208. The second kappa shape index (κ2) is 7.12. The lowest BCUT2D eigenvalue weighted by molar-refractivity contribution is 0.174. The molecule has 4 aromatic rings. The van der Waals surface area contributed by atoms with Gasteiger partial charge < -0.3 is 14.2 Å². The van der Waals surface area contributed by atoms with E-state index in [4.69, 9.17) is 14.2 Å². The smallest absolute Gasteiger partial charge is 0.231 e. The van der Waals surface area contributed by atoms with Gasteiger partial charge in [-0.05, 0) is 56.9 Å². The van der Waals surface area contributed by atoms with Crippen molar-refractivity contribution in [2.45, 2.75) is 17.8 Å². The lowest BCUT2D eigenvalue weighted by Gasteiger charge is -2.24. The van der Waals surface area contributed by atoms with E-state index >= 15 is 0 Å². The van der Waals surface area contributed by atoms with E-state index < -0.39 is 0 Å². The standard InChI is InChI=1S/C24H20N4O3/c1-29-16-9-6-14(7-10-16)21-17-4-2-3-5-18(17)22(23(21)24-25-27-28-26-24)15-8-11-19-20(12-15)31-13-30-19/h2-12,21-23H,13H2,1H3,(H,25,26,27,28). The summed E-state index contributed by atoms with van der Waals surface area (Å²) in [7, 11) is 1.68. The predicted octanol–water partition coefficient (Wildman–Crippen LogP) is 4.00. The Kier molecular flexibility index (Phi) is 4.12. The number of ether oxygens (including phenoxy) is 3. The Labute approximate surface area is 179 Å². The van der Waals surface area contributed by atoms with E-state index in [1.54, 1.807) is 7.11 Å². The van der Waals surface area contributed by atoms with E-state index in [0.717, 1.165) is 28.6 Å². The Bertz CT molecular complexity index is 1220. The van der Waals surface area contributed by atoms with Gasteiger partial charge in [-0.3, -0.25) is 0 Å². The Hall–Kier alpha value is -3.87. The van der Waals surface area contributed by atoms with Crippen molar-refractivity contribution in [1.29, 1.82) is 0 Å². The van der Waals surface area contributed by atoms with Crippen molar-refractivity contribution < 1.29 is 14.2 Å². The summed E-state index contributed by atoms with van der Waals surface area (Å²) < 4.78 is 16.6. The molecule has 0 bridgehead atoms. The van der Waals surface area contributed by atoms with Crippen LogP contribution in [0.4, 0.5) is 0 Å². The van der Waals surface area contributed by atoms with Crippen molar-refractivity contribution in [3.8, 4) is 17.2 Å². The maximum atomic E-state index is 5.67. The van der Waals surface area contributed by atoms with Crippen molar-refractivity contribution in [2.75, 3.05) is 13.9 Å². The number of benzene rings is 3. The number of H-pyrrole nitrogens is 1. The topological polar surface area (TPSA) is 82.2 Å². The minimum Gasteiger partial charge on any atom is -0.497 e. The first-order valence-electron chi connectivity index (χ1n) is 10.2. The molecule has 0 radical (unpaired) electrons. The van der Waals surface area contributed by atoms with Gasteiger partial charge in [0.2, 0.25) is 6.79 Å². The molecule has 0 saturated heterocycles. The SMILES string of the molecule is COc1ccc(C2c3ccccc3C(c3ccc4c(c3)OCO4)C2c2nnn[nH]2)cc1. The van der Waals surface area contributed by atoms with Crippen LogP contribution in [-0.4, -0.2) is 34.5 Å². The largest absolute Gasteiger partial charge is 0.497 e. The van der Waals surface area contributed by atoms with Gasteiger partial charge in [-0.15, -0.1) is 5.10 Å². The van der Waals surface area contributed by atoms with Crippen LogP contribution < -0.4 is 14.2 Å². The third kappa shape index (κ3) is 2.84. The predicted molar refractivity (Wildman–Crippen MR) is 113 cm³/mol. The number of nitrogens with one attached hydrogen (secondary N) is 1. The number of hydrogen-bond donors (Lipinski definition) is 1. The number of aromatic nitrogens is 4. The van der Waals surface area contributed by atoms with Gasteiger partial charge >= 0.3 is 0 Å². The lowest BCUT2D eigenvalue weighted by atomic mass is 9.79. The number of hydrogen-bond acceptors (Lipinski definition) is 6. The van der Waals surface area contributed by atoms with Crippen LogP contribution in [-0.2, 0) is 0 Å². The van der Waals surface area contributed by atoms with Crippen LogP contribution in [0.1, 0.15) is 45.8 Å². The second-order valence-electron chi connectivity index (χ2n) is 7.78. The first kappa shape index (κ1) is 17.9. The molecule has 3 aromatic carbocycles. The maximum Gasteiger partial charge on any atom is 0.231 e. The van der Waals surface area contributed by atoms with Crippen LogP contribution in [0.2, 0.25) is 0 Å². The molecular weight excluding hydrogens is 392 g/mol. The Morgan fingerprint density at radius 3 is 2.29 bits per heavy atom. The summed E-state index contributed by atoms with van der Waals surface area (Å²) in [6, 6.07) is 23.0. The molecule has 0 amide bonds. The molecule has 1 aliphatic heterocycles. The average molecular weight is 412 g/mol. The van der Waals surface area contributed by atoms with Crippen LogP contribution in [0.3, 0.4) is 0 Å². The van der Waals surface area contributed by atoms with Crippen LogP contribution in [0.5, 0.6) is 17.2 Å². The van der Waals surface area contributed by atoms with Gasteiger partial charge in [0.25, 0.3) is 0 Å². The Balaban J connectivity index is 1.54. The molecule has 7 nitrogen and oxygen atoms in total. The number of nitrogens with zero attached hydrogens (tertiary/aromatic N) is 3. The zero-order chi connectivity index (χ0) is 20.8. The van der Waals surface area contributed by atoms with Gasteiger partial charge in [0.15, 0.2) is 17.3 Å². The number of rotatable bonds is 4. The summed E-state index contributed by atoms with van der Waals surface area (Å²) in [5, 5.41) is 15.1. The molecule has 1 aliphatic carbocycles. The van der Waals surface area contributed by atoms with E-state index in [1.807, 2.05) is 18.2 Å². The molecule has 0 saturated carbocycles. The molecule has 2 aliphatic rings. The fourth-order valence-corrected chi connectivity index (χ4v) is 4.97. The molecule has 31 heavy (non-hydrogen) atoms. The summed E-state index contributed by atoms with van der Waals surface area (Å²) in [4.78, 5) is 0. The highest BCUT2D eigenvalue weighted by Crippen LogP contribution is 2.57. The molecule has 6 rings (SSSR count). The normalized spacial score (nSPS) is 21.1. The van der Waals surface area contributed by atoms with Gasteiger partial charge in [0.05, 0.1) is 7.11 Å². The fourth-order valence-electron chi connectivity index (χ4n) is 4.97. The molecular formula is C24H20N4O3. The molecule has 3 unspecified atom stereocenters. The molecule has 3 atom stereocenters. The Morgan fingerprint density at radius 1 is 0.871 bits per heavy atom. The van der Waals surface area contributed by atoms with Crippen molar-refractivity contribution in [1.82, 2.24) is 20.6 Å². The van der Waals surface area contributed by atoms with Gasteiger partial charge in [-0.2, -0.15) is 0 Å². The van der Waals surface area contributed by atoms with Gasteiger partial charge in [0, 0.05) is 17.8 Å². The minimum absolute atomic E-state index is 0.00108. The van der Waals surface area contributed by atoms with Crippen molar-refractivity contribution in [3.63, 3.8) is 0 Å². The van der Waals surface area contributed by atoms with E-state index in [9.17, 15) is 0 Å². The quantitative estimate of drug-likeness (QED) is 0.546. The highest BCUT2D eigenvalue weighted by Gasteiger charge is 2.45. The molecule has 7 heteroatoms. The molecule has 0 fully saturated rings. The first-order valence-corrected chi connectivity index (χ1v) is 10.2. The molecule has 154 valence electrons. The van der Waals surface area contributed by atoms with Crippen LogP contribution in [0.15, 0.2) is 66.7 Å². The first-order chi connectivity index (χ1) is 15.3. The zero-order valence-corrected chi connectivity index (χ0v) is 16.9. The Morgan fingerprint density at radius 2 is 1.58 bits per heavy atom. The van der Waals surface area contributed by atoms with Crippen LogP contribution in [0.25, 0.3) is 0 Å². The average Bonchev–Trinajstić information content (AvgIpc) is 3.56. The molecule has 2 heterocycles. The summed E-state index contributed by atoms with van der Waals surface area (Å²) >= 11 is 0. The number of methoxy groups -OCH3 is 1.